The maximum atomic E-state index is 9.18. The van der Waals surface area contributed by atoms with Crippen LogP contribution in [0, 0.1) is 0 Å². The van der Waals surface area contributed by atoms with E-state index in [0.717, 1.165) is 0 Å². The summed E-state index contributed by atoms with van der Waals surface area (Å²) in [5.41, 5.74) is 0. The zero-order chi connectivity index (χ0) is 10.3. The first kappa shape index (κ1) is 12.8. The fourth-order valence-corrected chi connectivity index (χ4v) is 1.68. The summed E-state index contributed by atoms with van der Waals surface area (Å²) >= 11 is 0.699. The molecule has 3 heteroatoms. The minimum absolute atomic E-state index is 0.0760. The van der Waals surface area contributed by atoms with Crippen LogP contribution in [0.15, 0.2) is 24.3 Å². The molecule has 0 heterocycles. The van der Waals surface area contributed by atoms with Crippen LogP contribution < -0.4 is 0 Å². The lowest BCUT2D eigenvalue weighted by atomic mass is 10.2. The summed E-state index contributed by atoms with van der Waals surface area (Å²) in [6, 6.07) is 0. The molecule has 0 aromatic carbocycles. The van der Waals surface area contributed by atoms with Gasteiger partial charge in [-0.15, -0.1) is 0 Å². The van der Waals surface area contributed by atoms with Gasteiger partial charge in [0.2, 0.25) is 0 Å². The average Bonchev–Trinajstić information content (AvgIpc) is 2.04. The molecule has 76 valence electrons. The molecule has 0 aliphatic heterocycles. The largest absolute Gasteiger partial charge is 0.352 e. The predicted molar refractivity (Wildman–Crippen MR) is 58.8 cm³/mol. The van der Waals surface area contributed by atoms with Crippen LogP contribution in [0.4, 0.5) is 0 Å². The van der Waals surface area contributed by atoms with Crippen molar-refractivity contribution in [1.82, 2.24) is 0 Å². The van der Waals surface area contributed by atoms with Gasteiger partial charge >= 0.3 is 0 Å². The lowest BCUT2D eigenvalue weighted by Crippen LogP contribution is -2.26. The average molecular weight is 202 g/mol. The van der Waals surface area contributed by atoms with Crippen molar-refractivity contribution in [2.75, 3.05) is 0 Å². The summed E-state index contributed by atoms with van der Waals surface area (Å²) in [4.78, 5) is -0.725. The third-order valence-electron chi connectivity index (χ3n) is 1.36. The Morgan fingerprint density at radius 3 is 1.92 bits per heavy atom. The van der Waals surface area contributed by atoms with Crippen LogP contribution >= 0.6 is 12.0 Å². The van der Waals surface area contributed by atoms with Crippen LogP contribution in [0.5, 0.6) is 0 Å². The van der Waals surface area contributed by atoms with Gasteiger partial charge in [-0.05, 0) is 39.8 Å². The third-order valence-corrected chi connectivity index (χ3v) is 2.01. The summed E-state index contributed by atoms with van der Waals surface area (Å²) in [5, 5.41) is 0. The van der Waals surface area contributed by atoms with Gasteiger partial charge in [-0.1, -0.05) is 12.2 Å². The molecular weight excluding hydrogens is 184 g/mol. The molecule has 0 spiro atoms. The normalized spacial score (nSPS) is 17.4. The van der Waals surface area contributed by atoms with Crippen molar-refractivity contribution >= 4 is 12.0 Å². The summed E-state index contributed by atoms with van der Waals surface area (Å²) < 4.78 is 14.8. The molecule has 0 saturated heterocycles. The molecule has 0 atom stereocenters. The zero-order valence-electron chi connectivity index (χ0n) is 8.65. The van der Waals surface area contributed by atoms with E-state index in [1.54, 1.807) is 0 Å². The fraction of sp³-hybridized carbons (Fsp3) is 0.600. The summed E-state index contributed by atoms with van der Waals surface area (Å²) in [6.07, 6.45) is 7.47. The van der Waals surface area contributed by atoms with E-state index in [0.29, 0.717) is 12.0 Å². The molecule has 0 aromatic heterocycles. The van der Waals surface area contributed by atoms with E-state index in [9.17, 15) is 4.55 Å². The van der Waals surface area contributed by atoms with Crippen LogP contribution in [-0.2, 0) is 4.74 Å². The number of ether oxygens (including phenoxy) is 1. The molecule has 0 saturated carbocycles. The molecule has 0 aliphatic rings. The van der Waals surface area contributed by atoms with Gasteiger partial charge in [0, 0.05) is 12.0 Å². The van der Waals surface area contributed by atoms with Crippen LogP contribution in [0.25, 0.3) is 0 Å². The third kappa shape index (κ3) is 4.50. The Bertz CT molecular complexity index is 173. The fourth-order valence-electron chi connectivity index (χ4n) is 1.05. The molecule has 0 amide bonds. The van der Waals surface area contributed by atoms with E-state index in [4.69, 9.17) is 4.74 Å². The summed E-state index contributed by atoms with van der Waals surface area (Å²) in [6.45, 7) is 7.69. The maximum absolute atomic E-state index is 9.18. The number of hydrogen-bond acceptors (Lipinski definition) is 3. The van der Waals surface area contributed by atoms with Gasteiger partial charge in [0.1, 0.15) is 0 Å². The first-order valence-electron chi connectivity index (χ1n) is 4.38. The Labute approximate surface area is 84.9 Å². The molecule has 0 radical (unpaired) electrons. The second-order valence-electron chi connectivity index (χ2n) is 2.98. The number of hydrogen-bond donors (Lipinski definition) is 1. The minimum Gasteiger partial charge on any atom is -0.352 e. The topological polar surface area (TPSA) is 29.5 Å². The molecule has 0 rings (SSSR count). The second kappa shape index (κ2) is 6.24. The van der Waals surface area contributed by atoms with Gasteiger partial charge in [-0.3, -0.25) is 0 Å². The summed E-state index contributed by atoms with van der Waals surface area (Å²) in [7, 11) is 0. The van der Waals surface area contributed by atoms with Gasteiger partial charge in [0.25, 0.3) is 0 Å². The van der Waals surface area contributed by atoms with Crippen molar-refractivity contribution < 1.29 is 9.29 Å². The maximum Gasteiger partial charge on any atom is 0.176 e. The van der Waals surface area contributed by atoms with Crippen molar-refractivity contribution in [2.24, 2.45) is 0 Å². The molecule has 13 heavy (non-hydrogen) atoms. The molecule has 2 nitrogen and oxygen atoms in total. The summed E-state index contributed by atoms with van der Waals surface area (Å²) in [5.74, 6) is 0. The first-order valence-corrected chi connectivity index (χ1v) is 5.15. The van der Waals surface area contributed by atoms with Crippen LogP contribution in [0.1, 0.15) is 27.7 Å². The van der Waals surface area contributed by atoms with E-state index in [-0.39, 0.29) is 6.10 Å². The van der Waals surface area contributed by atoms with Gasteiger partial charge in [0.15, 0.2) is 4.93 Å². The Kier molecular flexibility index (Phi) is 6.12. The highest BCUT2D eigenvalue weighted by atomic mass is 32.2. The highest BCUT2D eigenvalue weighted by Gasteiger charge is 2.26. The van der Waals surface area contributed by atoms with E-state index < -0.39 is 4.93 Å². The molecule has 0 bridgehead atoms. The smallest absolute Gasteiger partial charge is 0.176 e. The SMILES string of the molecule is CC=CC(C=CC)(OC(C)C)SO. The van der Waals surface area contributed by atoms with Gasteiger partial charge in [0.05, 0.1) is 6.10 Å². The molecule has 0 unspecified atom stereocenters. The van der Waals surface area contributed by atoms with Crippen molar-refractivity contribution in [1.29, 1.82) is 0 Å². The molecule has 0 fully saturated rings. The van der Waals surface area contributed by atoms with Gasteiger partial charge < -0.3 is 9.29 Å². The van der Waals surface area contributed by atoms with E-state index in [1.807, 2.05) is 52.0 Å². The Morgan fingerprint density at radius 2 is 1.69 bits per heavy atom. The lowest BCUT2D eigenvalue weighted by molar-refractivity contribution is 0.0375. The van der Waals surface area contributed by atoms with Gasteiger partial charge in [-0.2, -0.15) is 0 Å². The highest BCUT2D eigenvalue weighted by Crippen LogP contribution is 2.29. The van der Waals surface area contributed by atoms with Crippen molar-refractivity contribution in [2.45, 2.75) is 38.7 Å². The number of rotatable bonds is 5. The molecule has 0 aromatic rings. The highest BCUT2D eigenvalue weighted by molar-refractivity contribution is 7.95. The van der Waals surface area contributed by atoms with E-state index in [1.165, 1.54) is 0 Å². The second-order valence-corrected chi connectivity index (χ2v) is 3.80. The van der Waals surface area contributed by atoms with Crippen LogP contribution in [-0.4, -0.2) is 15.6 Å². The number of allylic oxidation sites excluding steroid dienone is 2. The Morgan fingerprint density at radius 1 is 1.23 bits per heavy atom. The van der Waals surface area contributed by atoms with Crippen LogP contribution in [0.2, 0.25) is 0 Å². The monoisotopic (exact) mass is 202 g/mol. The zero-order valence-corrected chi connectivity index (χ0v) is 9.47. The molecule has 1 N–H and O–H groups in total. The first-order chi connectivity index (χ1) is 6.10. The molecule has 0 aliphatic carbocycles. The van der Waals surface area contributed by atoms with Crippen molar-refractivity contribution in [3.8, 4) is 0 Å². The lowest BCUT2D eigenvalue weighted by Gasteiger charge is -2.26. The van der Waals surface area contributed by atoms with E-state index in [2.05, 4.69) is 0 Å². The minimum atomic E-state index is -0.725. The Hall–Kier alpha value is -0.250. The Balaban J connectivity index is 4.64. The van der Waals surface area contributed by atoms with Crippen LogP contribution in [0.3, 0.4) is 0 Å². The standard InChI is InChI=1S/C10H18O2S/c1-5-7-10(13-11,8-6-2)12-9(3)4/h5-9,11H,1-4H3. The van der Waals surface area contributed by atoms with Gasteiger partial charge in [-0.25, -0.2) is 0 Å². The predicted octanol–water partition coefficient (Wildman–Crippen LogP) is 3.47. The quantitative estimate of drug-likeness (QED) is 0.420. The van der Waals surface area contributed by atoms with E-state index >= 15 is 0 Å². The van der Waals surface area contributed by atoms with Crippen molar-refractivity contribution in [3.63, 3.8) is 0 Å². The molecular formula is C10H18O2S. The van der Waals surface area contributed by atoms with Crippen molar-refractivity contribution in [3.05, 3.63) is 24.3 Å².